The third-order valence-corrected chi connectivity index (χ3v) is 2.18. The monoisotopic (exact) mass is 216 g/mol. The van der Waals surface area contributed by atoms with Gasteiger partial charge in [0.1, 0.15) is 5.75 Å². The largest absolute Gasteiger partial charge is 0.497 e. The van der Waals surface area contributed by atoms with Crippen molar-refractivity contribution in [3.05, 3.63) is 48.1 Å². The molecule has 2 aromatic rings. The molecule has 0 amide bonds. The van der Waals surface area contributed by atoms with Gasteiger partial charge in [0.15, 0.2) is 5.82 Å². The van der Waals surface area contributed by atoms with Gasteiger partial charge in [0.25, 0.3) is 0 Å². The summed E-state index contributed by atoms with van der Waals surface area (Å²) in [5.41, 5.74) is 1.11. The molecule has 0 fully saturated rings. The van der Waals surface area contributed by atoms with Gasteiger partial charge in [0.05, 0.1) is 7.11 Å². The lowest BCUT2D eigenvalue weighted by atomic mass is 10.1. The first-order valence-corrected chi connectivity index (χ1v) is 4.90. The van der Waals surface area contributed by atoms with E-state index < -0.39 is 0 Å². The molecule has 4 heteroatoms. The highest BCUT2D eigenvalue weighted by atomic mass is 16.5. The maximum atomic E-state index is 5.08. The van der Waals surface area contributed by atoms with Crippen LogP contribution in [0.25, 0.3) is 6.08 Å². The Morgan fingerprint density at radius 1 is 1.38 bits per heavy atom. The van der Waals surface area contributed by atoms with Crippen molar-refractivity contribution in [3.8, 4) is 5.75 Å². The average molecular weight is 216 g/mol. The van der Waals surface area contributed by atoms with Crippen LogP contribution in [0.1, 0.15) is 17.3 Å². The van der Waals surface area contributed by atoms with Crippen LogP contribution in [0.2, 0.25) is 0 Å². The highest BCUT2D eigenvalue weighted by Gasteiger charge is 2.04. The lowest BCUT2D eigenvalue weighted by Crippen LogP contribution is -1.91. The van der Waals surface area contributed by atoms with Crippen LogP contribution < -0.4 is 4.74 Å². The van der Waals surface area contributed by atoms with Crippen LogP contribution in [-0.4, -0.2) is 17.3 Å². The summed E-state index contributed by atoms with van der Waals surface area (Å²) in [4.78, 5) is 4.14. The fourth-order valence-corrected chi connectivity index (χ4v) is 1.35. The molecule has 2 rings (SSSR count). The number of benzene rings is 1. The Hall–Kier alpha value is -2.10. The number of hydrogen-bond donors (Lipinski definition) is 0. The molecule has 1 aromatic carbocycles. The molecule has 16 heavy (non-hydrogen) atoms. The molecule has 0 aliphatic heterocycles. The maximum Gasteiger partial charge on any atom is 0.250 e. The minimum atomic E-state index is 0.448. The number of methoxy groups -OCH3 is 1. The molecule has 0 N–H and O–H groups in total. The van der Waals surface area contributed by atoms with Crippen LogP contribution in [0.15, 0.2) is 35.4 Å². The predicted octanol–water partition coefficient (Wildman–Crippen LogP) is 2.31. The zero-order chi connectivity index (χ0) is 11.4. The van der Waals surface area contributed by atoms with Gasteiger partial charge in [-0.25, -0.2) is 0 Å². The maximum absolute atomic E-state index is 5.08. The summed E-state index contributed by atoms with van der Waals surface area (Å²) in [5.74, 6) is 1.94. The topological polar surface area (TPSA) is 48.2 Å². The fraction of sp³-hybridized carbons (Fsp3) is 0.167. The summed E-state index contributed by atoms with van der Waals surface area (Å²) in [6, 6.07) is 7.76. The van der Waals surface area contributed by atoms with E-state index in [-0.39, 0.29) is 0 Å². The summed E-state index contributed by atoms with van der Waals surface area (Å²) in [7, 11) is 1.64. The summed E-state index contributed by atoms with van der Waals surface area (Å²) in [5, 5.41) is 3.84. The van der Waals surface area contributed by atoms with Gasteiger partial charge >= 0.3 is 0 Å². The van der Waals surface area contributed by atoms with E-state index in [2.05, 4.69) is 16.7 Å². The van der Waals surface area contributed by atoms with Crippen LogP contribution in [0, 0.1) is 0 Å². The number of aromatic nitrogens is 2. The smallest absolute Gasteiger partial charge is 0.250 e. The van der Waals surface area contributed by atoms with E-state index in [1.165, 1.54) is 6.08 Å². The second kappa shape index (κ2) is 4.61. The molecule has 0 atom stereocenters. The first-order valence-electron chi connectivity index (χ1n) is 4.90. The van der Waals surface area contributed by atoms with Crippen molar-refractivity contribution < 1.29 is 9.26 Å². The number of hydrogen-bond acceptors (Lipinski definition) is 4. The average Bonchev–Trinajstić information content (AvgIpc) is 2.78. The molecule has 0 aliphatic carbocycles. The van der Waals surface area contributed by atoms with Gasteiger partial charge in [-0.05, 0) is 23.8 Å². The zero-order valence-electron chi connectivity index (χ0n) is 9.01. The lowest BCUT2D eigenvalue weighted by molar-refractivity contribution is 0.404. The van der Waals surface area contributed by atoms with E-state index in [1.54, 1.807) is 7.11 Å². The predicted molar refractivity (Wildman–Crippen MR) is 60.2 cm³/mol. The Labute approximate surface area is 93.6 Å². The van der Waals surface area contributed by atoms with Gasteiger partial charge in [-0.15, -0.1) is 0 Å². The van der Waals surface area contributed by atoms with Gasteiger partial charge in [0.2, 0.25) is 5.89 Å². The summed E-state index contributed by atoms with van der Waals surface area (Å²) in [6.07, 6.45) is 2.17. The van der Waals surface area contributed by atoms with Crippen molar-refractivity contribution >= 4 is 6.08 Å². The third kappa shape index (κ3) is 2.28. The van der Waals surface area contributed by atoms with E-state index in [9.17, 15) is 0 Å². The molecule has 0 spiro atoms. The molecule has 0 bridgehead atoms. The second-order valence-electron chi connectivity index (χ2n) is 3.28. The Kier molecular flexibility index (Phi) is 3.00. The molecule has 82 valence electrons. The summed E-state index contributed by atoms with van der Waals surface area (Å²) < 4.78 is 10.0. The lowest BCUT2D eigenvalue weighted by Gasteiger charge is -2.00. The number of ether oxygens (including phenoxy) is 1. The van der Waals surface area contributed by atoms with Crippen molar-refractivity contribution in [2.75, 3.05) is 7.11 Å². The molecule has 0 aliphatic rings. The molecule has 0 radical (unpaired) electrons. The van der Waals surface area contributed by atoms with E-state index >= 15 is 0 Å². The van der Waals surface area contributed by atoms with Gasteiger partial charge in [-0.1, -0.05) is 23.9 Å². The van der Waals surface area contributed by atoms with Gasteiger partial charge in [-0.2, -0.15) is 4.98 Å². The minimum absolute atomic E-state index is 0.448. The molecule has 1 heterocycles. The quantitative estimate of drug-likeness (QED) is 0.786. The molecule has 0 saturated heterocycles. The molecule has 0 saturated carbocycles. The van der Waals surface area contributed by atoms with Crippen molar-refractivity contribution in [1.82, 2.24) is 10.1 Å². The van der Waals surface area contributed by atoms with Crippen molar-refractivity contribution in [2.45, 2.75) is 6.42 Å². The Bertz CT molecular complexity index is 474. The molecule has 1 aromatic heterocycles. The van der Waals surface area contributed by atoms with Gasteiger partial charge < -0.3 is 9.26 Å². The SMILES string of the molecule is C=Cc1nc(Cc2ccc(OC)cc2)no1. The Morgan fingerprint density at radius 2 is 2.12 bits per heavy atom. The van der Waals surface area contributed by atoms with Crippen LogP contribution in [0.4, 0.5) is 0 Å². The molecular formula is C12H12N2O2. The fourth-order valence-electron chi connectivity index (χ4n) is 1.35. The van der Waals surface area contributed by atoms with E-state index in [1.807, 2.05) is 24.3 Å². The van der Waals surface area contributed by atoms with Crippen molar-refractivity contribution in [3.63, 3.8) is 0 Å². The number of rotatable bonds is 4. The van der Waals surface area contributed by atoms with E-state index in [4.69, 9.17) is 9.26 Å². The van der Waals surface area contributed by atoms with E-state index in [0.29, 0.717) is 18.1 Å². The third-order valence-electron chi connectivity index (χ3n) is 2.18. The highest BCUT2D eigenvalue weighted by Crippen LogP contribution is 2.13. The van der Waals surface area contributed by atoms with Crippen LogP contribution in [0.3, 0.4) is 0 Å². The van der Waals surface area contributed by atoms with Crippen LogP contribution >= 0.6 is 0 Å². The minimum Gasteiger partial charge on any atom is -0.497 e. The molecule has 0 unspecified atom stereocenters. The molecule has 4 nitrogen and oxygen atoms in total. The second-order valence-corrected chi connectivity index (χ2v) is 3.28. The van der Waals surface area contributed by atoms with Crippen LogP contribution in [-0.2, 0) is 6.42 Å². The van der Waals surface area contributed by atoms with Gasteiger partial charge in [-0.3, -0.25) is 0 Å². The van der Waals surface area contributed by atoms with Gasteiger partial charge in [0, 0.05) is 6.42 Å². The normalized spacial score (nSPS) is 10.1. The first-order chi connectivity index (χ1) is 7.81. The first kappa shape index (κ1) is 10.4. The summed E-state index contributed by atoms with van der Waals surface area (Å²) >= 11 is 0. The molecular weight excluding hydrogens is 204 g/mol. The van der Waals surface area contributed by atoms with Crippen molar-refractivity contribution in [1.29, 1.82) is 0 Å². The van der Waals surface area contributed by atoms with E-state index in [0.717, 1.165) is 11.3 Å². The standard InChI is InChI=1S/C12H12N2O2/c1-3-12-13-11(14-16-12)8-9-4-6-10(15-2)7-5-9/h3-7H,1,8H2,2H3. The summed E-state index contributed by atoms with van der Waals surface area (Å²) in [6.45, 7) is 3.56. The van der Waals surface area contributed by atoms with Crippen LogP contribution in [0.5, 0.6) is 5.75 Å². The Morgan fingerprint density at radius 3 is 2.69 bits per heavy atom. The number of nitrogens with zero attached hydrogens (tertiary/aromatic N) is 2. The zero-order valence-corrected chi connectivity index (χ0v) is 9.01. The Balaban J connectivity index is 2.10. The van der Waals surface area contributed by atoms with Crippen molar-refractivity contribution in [2.24, 2.45) is 0 Å². The highest BCUT2D eigenvalue weighted by molar-refractivity contribution is 5.33.